The van der Waals surface area contributed by atoms with Crippen molar-refractivity contribution in [2.24, 2.45) is 0 Å². The zero-order valence-electron chi connectivity index (χ0n) is 16.8. The summed E-state index contributed by atoms with van der Waals surface area (Å²) in [5.74, 6) is 0.673. The Morgan fingerprint density at radius 1 is 1.06 bits per heavy atom. The van der Waals surface area contributed by atoms with Gasteiger partial charge in [0.05, 0.1) is 12.0 Å². The van der Waals surface area contributed by atoms with E-state index in [4.69, 9.17) is 9.15 Å². The van der Waals surface area contributed by atoms with Crippen LogP contribution < -0.4 is 14.8 Å². The van der Waals surface area contributed by atoms with Gasteiger partial charge in [-0.15, -0.1) is 0 Å². The molecule has 2 aromatic heterocycles. The van der Waals surface area contributed by atoms with E-state index in [-0.39, 0.29) is 10.8 Å². The topological polar surface area (TPSA) is 123 Å². The molecule has 4 aromatic rings. The van der Waals surface area contributed by atoms with Gasteiger partial charge in [-0.2, -0.15) is 0 Å². The molecule has 1 amide bonds. The number of furan rings is 1. The van der Waals surface area contributed by atoms with Crippen LogP contribution in [0.4, 0.5) is 11.6 Å². The molecule has 9 nitrogen and oxygen atoms in total. The summed E-state index contributed by atoms with van der Waals surface area (Å²) in [5, 5.41) is 3.52. The Morgan fingerprint density at radius 3 is 2.53 bits per heavy atom. The number of methoxy groups -OCH3 is 1. The van der Waals surface area contributed by atoms with Gasteiger partial charge in [-0.1, -0.05) is 12.1 Å². The van der Waals surface area contributed by atoms with E-state index < -0.39 is 15.9 Å². The van der Waals surface area contributed by atoms with Gasteiger partial charge in [-0.25, -0.2) is 23.1 Å². The summed E-state index contributed by atoms with van der Waals surface area (Å²) >= 11 is 0. The average Bonchev–Trinajstić information content (AvgIpc) is 3.22. The van der Waals surface area contributed by atoms with E-state index in [1.807, 2.05) is 12.1 Å². The van der Waals surface area contributed by atoms with Gasteiger partial charge in [0.2, 0.25) is 11.9 Å². The number of para-hydroxylation sites is 1. The summed E-state index contributed by atoms with van der Waals surface area (Å²) in [6.07, 6.45) is 5.72. The lowest BCUT2D eigenvalue weighted by atomic mass is 10.2. The summed E-state index contributed by atoms with van der Waals surface area (Å²) in [6, 6.07) is 14.6. The Labute approximate surface area is 183 Å². The first-order valence-electron chi connectivity index (χ1n) is 9.40. The molecule has 4 rings (SSSR count). The van der Waals surface area contributed by atoms with Crippen molar-refractivity contribution in [2.45, 2.75) is 4.90 Å². The van der Waals surface area contributed by atoms with Gasteiger partial charge >= 0.3 is 0 Å². The number of hydrogen-bond acceptors (Lipinski definition) is 7. The molecule has 162 valence electrons. The third-order valence-electron chi connectivity index (χ3n) is 4.37. The van der Waals surface area contributed by atoms with Gasteiger partial charge in [0, 0.05) is 29.5 Å². The molecule has 0 aliphatic carbocycles. The van der Waals surface area contributed by atoms with Gasteiger partial charge in [-0.3, -0.25) is 4.79 Å². The van der Waals surface area contributed by atoms with Crippen LogP contribution in [-0.4, -0.2) is 31.4 Å². The smallest absolute Gasteiger partial charge is 0.264 e. The highest BCUT2D eigenvalue weighted by Gasteiger charge is 2.15. The standard InChI is InChI=1S/C22H18N4O5S/c1-30-19-5-2-4-15-14-17(31-21(15)19)8-11-20(27)25-16-6-9-18(10-7-16)32(28,29)26-22-23-12-3-13-24-22/h2-14H,1H3,(H,25,27)(H,23,24,26)/b11-8+. The molecule has 0 atom stereocenters. The molecule has 2 heterocycles. The predicted molar refractivity (Wildman–Crippen MR) is 120 cm³/mol. The predicted octanol–water partition coefficient (Wildman–Crippen LogP) is 3.68. The van der Waals surface area contributed by atoms with E-state index in [1.165, 1.54) is 48.8 Å². The maximum absolute atomic E-state index is 12.4. The van der Waals surface area contributed by atoms with Crippen molar-refractivity contribution in [3.8, 4) is 5.75 Å². The van der Waals surface area contributed by atoms with E-state index in [0.717, 1.165) is 5.39 Å². The first-order valence-corrected chi connectivity index (χ1v) is 10.9. The zero-order chi connectivity index (χ0) is 22.6. The van der Waals surface area contributed by atoms with Crippen LogP contribution in [0.3, 0.4) is 0 Å². The molecule has 0 unspecified atom stereocenters. The molecule has 0 aliphatic rings. The molecule has 32 heavy (non-hydrogen) atoms. The number of fused-ring (bicyclic) bond motifs is 1. The number of ether oxygens (including phenoxy) is 1. The van der Waals surface area contributed by atoms with Crippen molar-refractivity contribution in [3.05, 3.63) is 78.8 Å². The molecule has 0 radical (unpaired) electrons. The maximum atomic E-state index is 12.4. The Balaban J connectivity index is 1.41. The average molecular weight is 450 g/mol. The molecule has 2 N–H and O–H groups in total. The SMILES string of the molecule is COc1cccc2cc(/C=C/C(=O)Nc3ccc(S(=O)(=O)Nc4ncccn4)cc3)oc12. The molecule has 0 bridgehead atoms. The number of carbonyl (C=O) groups excluding carboxylic acids is 1. The second-order valence-corrected chi connectivity index (χ2v) is 8.23. The van der Waals surface area contributed by atoms with Crippen molar-refractivity contribution in [1.29, 1.82) is 0 Å². The monoisotopic (exact) mass is 450 g/mol. The molecular formula is C22H18N4O5S. The van der Waals surface area contributed by atoms with Crippen molar-refractivity contribution < 1.29 is 22.4 Å². The lowest BCUT2D eigenvalue weighted by molar-refractivity contribution is -0.111. The number of rotatable bonds is 7. The molecule has 10 heteroatoms. The van der Waals surface area contributed by atoms with Crippen molar-refractivity contribution >= 4 is 44.6 Å². The van der Waals surface area contributed by atoms with Gasteiger partial charge in [0.1, 0.15) is 5.76 Å². The highest BCUT2D eigenvalue weighted by atomic mass is 32.2. The minimum Gasteiger partial charge on any atom is -0.493 e. The number of benzene rings is 2. The number of sulfonamides is 1. The van der Waals surface area contributed by atoms with Crippen molar-refractivity contribution in [3.63, 3.8) is 0 Å². The normalized spacial score (nSPS) is 11.5. The fraction of sp³-hybridized carbons (Fsp3) is 0.0455. The van der Waals surface area contributed by atoms with Crippen LogP contribution in [0.5, 0.6) is 5.75 Å². The van der Waals surface area contributed by atoms with Gasteiger partial charge in [0.25, 0.3) is 10.0 Å². The maximum Gasteiger partial charge on any atom is 0.264 e. The van der Waals surface area contributed by atoms with E-state index in [2.05, 4.69) is 20.0 Å². The molecule has 2 aromatic carbocycles. The fourth-order valence-corrected chi connectivity index (χ4v) is 3.85. The largest absolute Gasteiger partial charge is 0.493 e. The second kappa shape index (κ2) is 8.90. The lowest BCUT2D eigenvalue weighted by Crippen LogP contribution is -2.15. The van der Waals surface area contributed by atoms with Crippen molar-refractivity contribution in [2.75, 3.05) is 17.1 Å². The Kier molecular flexibility index (Phi) is 5.86. The van der Waals surface area contributed by atoms with E-state index in [0.29, 0.717) is 22.8 Å². The van der Waals surface area contributed by atoms with Crippen LogP contribution in [0, 0.1) is 0 Å². The highest BCUT2D eigenvalue weighted by molar-refractivity contribution is 7.92. The number of hydrogen-bond donors (Lipinski definition) is 2. The number of anilines is 2. The number of carbonyl (C=O) groups is 1. The van der Waals surface area contributed by atoms with Crippen LogP contribution in [0.1, 0.15) is 5.76 Å². The summed E-state index contributed by atoms with van der Waals surface area (Å²) in [6.45, 7) is 0. The Bertz CT molecular complexity index is 1380. The van der Waals surface area contributed by atoms with Crippen LogP contribution in [-0.2, 0) is 14.8 Å². The summed E-state index contributed by atoms with van der Waals surface area (Å²) in [4.78, 5) is 19.9. The lowest BCUT2D eigenvalue weighted by Gasteiger charge is -2.07. The number of amides is 1. The summed E-state index contributed by atoms with van der Waals surface area (Å²) < 4.78 is 38.1. The van der Waals surface area contributed by atoms with Gasteiger partial charge < -0.3 is 14.5 Å². The highest BCUT2D eigenvalue weighted by Crippen LogP contribution is 2.28. The number of nitrogens with zero attached hydrogens (tertiary/aromatic N) is 2. The summed E-state index contributed by atoms with van der Waals surface area (Å²) in [7, 11) is -2.29. The Morgan fingerprint density at radius 2 is 1.81 bits per heavy atom. The third-order valence-corrected chi connectivity index (χ3v) is 5.71. The van der Waals surface area contributed by atoms with Gasteiger partial charge in [-0.05, 0) is 48.5 Å². The molecule has 0 aliphatic heterocycles. The zero-order valence-corrected chi connectivity index (χ0v) is 17.7. The van der Waals surface area contributed by atoms with Crippen molar-refractivity contribution in [1.82, 2.24) is 9.97 Å². The molecule has 0 saturated carbocycles. The second-order valence-electron chi connectivity index (χ2n) is 6.55. The molecular weight excluding hydrogens is 432 g/mol. The molecule has 0 spiro atoms. The number of nitrogens with one attached hydrogen (secondary N) is 2. The fourth-order valence-electron chi connectivity index (χ4n) is 2.89. The van der Waals surface area contributed by atoms with Crippen LogP contribution in [0.2, 0.25) is 0 Å². The quantitative estimate of drug-likeness (QED) is 0.412. The minimum absolute atomic E-state index is 0.00900. The van der Waals surface area contributed by atoms with E-state index >= 15 is 0 Å². The third kappa shape index (κ3) is 4.76. The molecule has 0 saturated heterocycles. The van der Waals surface area contributed by atoms with E-state index in [1.54, 1.807) is 25.3 Å². The van der Waals surface area contributed by atoms with Crippen LogP contribution >= 0.6 is 0 Å². The van der Waals surface area contributed by atoms with E-state index in [9.17, 15) is 13.2 Å². The van der Waals surface area contributed by atoms with Gasteiger partial charge in [0.15, 0.2) is 11.3 Å². The number of aromatic nitrogens is 2. The summed E-state index contributed by atoms with van der Waals surface area (Å²) in [5.41, 5.74) is 1.03. The Hall–Kier alpha value is -4.18. The first-order chi connectivity index (χ1) is 15.4. The van der Waals surface area contributed by atoms with Crippen LogP contribution in [0.25, 0.3) is 17.0 Å². The van der Waals surface area contributed by atoms with Crippen LogP contribution in [0.15, 0.2) is 82.4 Å². The first kappa shape index (κ1) is 21.1. The minimum atomic E-state index is -3.85. The molecule has 0 fully saturated rings.